The summed E-state index contributed by atoms with van der Waals surface area (Å²) in [6.07, 6.45) is 0. The molecular weight excluding hydrogens is 260 g/mol. The van der Waals surface area contributed by atoms with Crippen LogP contribution in [-0.2, 0) is 6.54 Å². The van der Waals surface area contributed by atoms with E-state index >= 15 is 0 Å². The molecule has 0 saturated heterocycles. The first-order valence-electron chi connectivity index (χ1n) is 6.89. The summed E-state index contributed by atoms with van der Waals surface area (Å²) in [6, 6.07) is 21.5. The van der Waals surface area contributed by atoms with Gasteiger partial charge in [-0.15, -0.1) is 0 Å². The Morgan fingerprint density at radius 2 is 1.67 bits per heavy atom. The number of carbonyl (C=O) groups is 1. The molecule has 0 aliphatic carbocycles. The summed E-state index contributed by atoms with van der Waals surface area (Å²) in [5, 5.41) is 1.04. The van der Waals surface area contributed by atoms with E-state index in [0.29, 0.717) is 12.2 Å². The second-order valence-corrected chi connectivity index (χ2v) is 5.04. The number of hydrogen-bond donors (Lipinski definition) is 0. The Hall–Kier alpha value is -2.68. The van der Waals surface area contributed by atoms with Crippen molar-refractivity contribution >= 4 is 16.8 Å². The zero-order chi connectivity index (χ0) is 14.7. The molecule has 3 rings (SSSR count). The van der Waals surface area contributed by atoms with Crippen LogP contribution < -0.4 is 0 Å². The largest absolute Gasteiger partial charge is 0.336 e. The van der Waals surface area contributed by atoms with Gasteiger partial charge in [0, 0.05) is 19.0 Å². The van der Waals surface area contributed by atoms with Gasteiger partial charge in [0.05, 0.1) is 5.52 Å². The Bertz CT molecular complexity index is 768. The van der Waals surface area contributed by atoms with Gasteiger partial charge in [0.1, 0.15) is 5.69 Å². The molecule has 21 heavy (non-hydrogen) atoms. The first kappa shape index (κ1) is 13.3. The summed E-state index contributed by atoms with van der Waals surface area (Å²) >= 11 is 0. The molecule has 0 saturated carbocycles. The van der Waals surface area contributed by atoms with Gasteiger partial charge in [-0.25, -0.2) is 4.98 Å². The number of nitrogens with zero attached hydrogens (tertiary/aromatic N) is 2. The highest BCUT2D eigenvalue weighted by molar-refractivity contribution is 5.94. The van der Waals surface area contributed by atoms with Gasteiger partial charge in [-0.3, -0.25) is 4.79 Å². The first-order chi connectivity index (χ1) is 10.2. The van der Waals surface area contributed by atoms with Crippen molar-refractivity contribution in [2.45, 2.75) is 6.54 Å². The second-order valence-electron chi connectivity index (χ2n) is 5.04. The minimum Gasteiger partial charge on any atom is -0.336 e. The van der Waals surface area contributed by atoms with Crippen molar-refractivity contribution in [1.82, 2.24) is 9.88 Å². The Morgan fingerprint density at radius 3 is 2.48 bits per heavy atom. The third-order valence-electron chi connectivity index (χ3n) is 3.43. The van der Waals surface area contributed by atoms with Gasteiger partial charge in [-0.1, -0.05) is 54.6 Å². The van der Waals surface area contributed by atoms with Gasteiger partial charge in [0.2, 0.25) is 0 Å². The summed E-state index contributed by atoms with van der Waals surface area (Å²) in [7, 11) is 1.80. The summed E-state index contributed by atoms with van der Waals surface area (Å²) in [5.74, 6) is -0.0652. The standard InChI is InChI=1S/C18H16N2O/c1-20(13-14-7-3-2-4-8-14)18(21)17-12-11-15-9-5-6-10-16(15)19-17/h2-12H,13H2,1H3. The summed E-state index contributed by atoms with van der Waals surface area (Å²) in [5.41, 5.74) is 2.43. The molecular formula is C18H16N2O. The molecule has 3 aromatic rings. The zero-order valence-electron chi connectivity index (χ0n) is 11.9. The highest BCUT2D eigenvalue weighted by atomic mass is 16.2. The lowest BCUT2D eigenvalue weighted by atomic mass is 10.2. The van der Waals surface area contributed by atoms with Crippen LogP contribution >= 0.6 is 0 Å². The Kier molecular flexibility index (Phi) is 3.65. The van der Waals surface area contributed by atoms with Crippen LogP contribution in [0.1, 0.15) is 16.1 Å². The van der Waals surface area contributed by atoms with Crippen molar-refractivity contribution in [2.24, 2.45) is 0 Å². The van der Waals surface area contributed by atoms with E-state index in [4.69, 9.17) is 0 Å². The molecule has 0 fully saturated rings. The molecule has 2 aromatic carbocycles. The topological polar surface area (TPSA) is 33.2 Å². The summed E-state index contributed by atoms with van der Waals surface area (Å²) < 4.78 is 0. The molecule has 1 heterocycles. The van der Waals surface area contributed by atoms with E-state index in [1.807, 2.05) is 60.7 Å². The Balaban J connectivity index is 1.82. The lowest BCUT2D eigenvalue weighted by Gasteiger charge is -2.17. The predicted molar refractivity (Wildman–Crippen MR) is 84.0 cm³/mol. The maximum atomic E-state index is 12.5. The molecule has 0 atom stereocenters. The SMILES string of the molecule is CN(Cc1ccccc1)C(=O)c1ccc2ccccc2n1. The number of hydrogen-bond acceptors (Lipinski definition) is 2. The molecule has 104 valence electrons. The van der Waals surface area contributed by atoms with Crippen molar-refractivity contribution in [3.8, 4) is 0 Å². The van der Waals surface area contributed by atoms with Crippen molar-refractivity contribution < 1.29 is 4.79 Å². The molecule has 1 amide bonds. The van der Waals surface area contributed by atoms with Crippen LogP contribution in [0.5, 0.6) is 0 Å². The molecule has 0 bridgehead atoms. The van der Waals surface area contributed by atoms with E-state index in [9.17, 15) is 4.79 Å². The van der Waals surface area contributed by atoms with E-state index in [0.717, 1.165) is 16.5 Å². The van der Waals surface area contributed by atoms with Crippen LogP contribution in [0.3, 0.4) is 0 Å². The number of rotatable bonds is 3. The first-order valence-corrected chi connectivity index (χ1v) is 6.89. The highest BCUT2D eigenvalue weighted by Gasteiger charge is 2.13. The minimum absolute atomic E-state index is 0.0652. The van der Waals surface area contributed by atoms with Crippen molar-refractivity contribution in [3.05, 3.63) is 78.0 Å². The molecule has 0 radical (unpaired) electrons. The van der Waals surface area contributed by atoms with Gasteiger partial charge >= 0.3 is 0 Å². The highest BCUT2D eigenvalue weighted by Crippen LogP contribution is 2.13. The van der Waals surface area contributed by atoms with Crippen LogP contribution in [0, 0.1) is 0 Å². The zero-order valence-corrected chi connectivity index (χ0v) is 11.9. The molecule has 3 nitrogen and oxygen atoms in total. The van der Waals surface area contributed by atoms with Crippen molar-refractivity contribution in [3.63, 3.8) is 0 Å². The molecule has 3 heteroatoms. The predicted octanol–water partition coefficient (Wildman–Crippen LogP) is 3.51. The van der Waals surface area contributed by atoms with Crippen LogP contribution in [-0.4, -0.2) is 22.8 Å². The van der Waals surface area contributed by atoms with Gasteiger partial charge in [0.25, 0.3) is 5.91 Å². The van der Waals surface area contributed by atoms with Crippen LogP contribution in [0.25, 0.3) is 10.9 Å². The number of pyridine rings is 1. The van der Waals surface area contributed by atoms with Crippen molar-refractivity contribution in [2.75, 3.05) is 7.05 Å². The van der Waals surface area contributed by atoms with E-state index in [1.165, 1.54) is 0 Å². The monoisotopic (exact) mass is 276 g/mol. The molecule has 0 unspecified atom stereocenters. The number of carbonyl (C=O) groups excluding carboxylic acids is 1. The van der Waals surface area contributed by atoms with Gasteiger partial charge < -0.3 is 4.90 Å². The van der Waals surface area contributed by atoms with Gasteiger partial charge in [-0.2, -0.15) is 0 Å². The van der Waals surface area contributed by atoms with Gasteiger partial charge in [0.15, 0.2) is 0 Å². The third-order valence-corrected chi connectivity index (χ3v) is 3.43. The number of fused-ring (bicyclic) bond motifs is 1. The fourth-order valence-electron chi connectivity index (χ4n) is 2.31. The molecule has 0 N–H and O–H groups in total. The van der Waals surface area contributed by atoms with Crippen LogP contribution in [0.15, 0.2) is 66.7 Å². The second kappa shape index (κ2) is 5.75. The lowest BCUT2D eigenvalue weighted by molar-refractivity contribution is 0.0779. The molecule has 0 aliphatic rings. The lowest BCUT2D eigenvalue weighted by Crippen LogP contribution is -2.26. The smallest absolute Gasteiger partial charge is 0.272 e. The number of amides is 1. The van der Waals surface area contributed by atoms with E-state index in [2.05, 4.69) is 4.98 Å². The molecule has 1 aromatic heterocycles. The van der Waals surface area contributed by atoms with E-state index in [1.54, 1.807) is 18.0 Å². The summed E-state index contributed by atoms with van der Waals surface area (Å²) in [6.45, 7) is 0.578. The minimum atomic E-state index is -0.0652. The summed E-state index contributed by atoms with van der Waals surface area (Å²) in [4.78, 5) is 18.6. The number of aromatic nitrogens is 1. The van der Waals surface area contributed by atoms with Crippen LogP contribution in [0.2, 0.25) is 0 Å². The maximum absolute atomic E-state index is 12.5. The average Bonchev–Trinajstić information content (AvgIpc) is 2.54. The van der Waals surface area contributed by atoms with Gasteiger partial charge in [-0.05, 0) is 17.7 Å². The quantitative estimate of drug-likeness (QED) is 0.733. The van der Waals surface area contributed by atoms with E-state index in [-0.39, 0.29) is 5.91 Å². The fraction of sp³-hybridized carbons (Fsp3) is 0.111. The van der Waals surface area contributed by atoms with Crippen LogP contribution in [0.4, 0.5) is 0 Å². The third kappa shape index (κ3) is 2.92. The maximum Gasteiger partial charge on any atom is 0.272 e. The fourth-order valence-corrected chi connectivity index (χ4v) is 2.31. The number of para-hydroxylation sites is 1. The average molecular weight is 276 g/mol. The van der Waals surface area contributed by atoms with Crippen molar-refractivity contribution in [1.29, 1.82) is 0 Å². The molecule has 0 spiro atoms. The normalized spacial score (nSPS) is 10.5. The Morgan fingerprint density at radius 1 is 0.952 bits per heavy atom. The number of benzene rings is 2. The Labute approximate surface area is 123 Å². The molecule has 0 aliphatic heterocycles. The van der Waals surface area contributed by atoms with E-state index < -0.39 is 0 Å².